The number of piperidine rings is 1. The quantitative estimate of drug-likeness (QED) is 0.691. The third-order valence-electron chi connectivity index (χ3n) is 9.47. The van der Waals surface area contributed by atoms with E-state index in [0.29, 0.717) is 25.3 Å². The van der Waals surface area contributed by atoms with Crippen LogP contribution in [0.15, 0.2) is 48.8 Å². The van der Waals surface area contributed by atoms with Crippen LogP contribution < -0.4 is 5.32 Å². The van der Waals surface area contributed by atoms with E-state index in [1.165, 1.54) is 5.56 Å². The number of carbonyl (C=O) groups excluding carboxylic acids is 2. The lowest BCUT2D eigenvalue weighted by Crippen LogP contribution is -2.52. The van der Waals surface area contributed by atoms with E-state index < -0.39 is 0 Å². The summed E-state index contributed by atoms with van der Waals surface area (Å²) in [6.07, 6.45) is 4.72. The molecule has 1 N–H and O–H groups in total. The number of likely N-dealkylation sites (tertiary alicyclic amines) is 1. The summed E-state index contributed by atoms with van der Waals surface area (Å²) >= 11 is 0. The van der Waals surface area contributed by atoms with Crippen molar-refractivity contribution in [3.8, 4) is 0 Å². The summed E-state index contributed by atoms with van der Waals surface area (Å²) in [5.74, 6) is 0.218. The second kappa shape index (κ2) is 8.44. The molecule has 186 valence electrons. The van der Waals surface area contributed by atoms with Gasteiger partial charge in [-0.1, -0.05) is 52.0 Å². The molecular formula is C29H37N3O3. The van der Waals surface area contributed by atoms with Gasteiger partial charge in [0.1, 0.15) is 0 Å². The SMILES string of the molecule is CCO[C@@H]1[C@@H](NC(=O)c2cccnc2)c2ccccc2C12CCN(C(=O)C1C(C)(C)C1(C)C)CC2. The van der Waals surface area contributed by atoms with E-state index in [4.69, 9.17) is 4.74 Å². The zero-order valence-electron chi connectivity index (χ0n) is 21.5. The van der Waals surface area contributed by atoms with Gasteiger partial charge in [-0.25, -0.2) is 0 Å². The maximum atomic E-state index is 13.4. The summed E-state index contributed by atoms with van der Waals surface area (Å²) in [6.45, 7) is 12.8. The van der Waals surface area contributed by atoms with Gasteiger partial charge in [0.25, 0.3) is 5.91 Å². The van der Waals surface area contributed by atoms with Crippen molar-refractivity contribution in [3.63, 3.8) is 0 Å². The summed E-state index contributed by atoms with van der Waals surface area (Å²) in [6, 6.07) is 11.7. The first kappa shape index (κ1) is 24.0. The summed E-state index contributed by atoms with van der Waals surface area (Å²) in [5, 5.41) is 3.26. The van der Waals surface area contributed by atoms with Crippen molar-refractivity contribution in [1.29, 1.82) is 0 Å². The third kappa shape index (κ3) is 3.60. The number of rotatable bonds is 5. The van der Waals surface area contributed by atoms with E-state index >= 15 is 0 Å². The molecule has 1 spiro atoms. The summed E-state index contributed by atoms with van der Waals surface area (Å²) in [5.41, 5.74) is 2.74. The summed E-state index contributed by atoms with van der Waals surface area (Å²) < 4.78 is 6.42. The average molecular weight is 476 g/mol. The number of hydrogen-bond donors (Lipinski definition) is 1. The molecule has 2 aromatic rings. The lowest BCUT2D eigenvalue weighted by molar-refractivity contribution is -0.136. The molecule has 0 unspecified atom stereocenters. The Morgan fingerprint density at radius 2 is 1.74 bits per heavy atom. The highest BCUT2D eigenvalue weighted by Gasteiger charge is 2.69. The van der Waals surface area contributed by atoms with Crippen molar-refractivity contribution < 1.29 is 14.3 Å². The average Bonchev–Trinajstić information content (AvgIpc) is 3.15. The van der Waals surface area contributed by atoms with Crippen molar-refractivity contribution in [2.24, 2.45) is 16.7 Å². The number of benzene rings is 1. The second-order valence-corrected chi connectivity index (χ2v) is 11.5. The first-order valence-corrected chi connectivity index (χ1v) is 12.9. The molecule has 2 aliphatic carbocycles. The number of aromatic nitrogens is 1. The monoisotopic (exact) mass is 475 g/mol. The smallest absolute Gasteiger partial charge is 0.253 e. The highest BCUT2D eigenvalue weighted by Crippen LogP contribution is 2.69. The molecule has 0 bridgehead atoms. The zero-order chi connectivity index (χ0) is 25.0. The third-order valence-corrected chi connectivity index (χ3v) is 9.47. The number of fused-ring (bicyclic) bond motifs is 2. The van der Waals surface area contributed by atoms with E-state index in [1.807, 2.05) is 13.0 Å². The molecule has 1 saturated heterocycles. The van der Waals surface area contributed by atoms with E-state index in [-0.39, 0.29) is 46.1 Å². The Hall–Kier alpha value is -2.73. The van der Waals surface area contributed by atoms with Crippen molar-refractivity contribution in [1.82, 2.24) is 15.2 Å². The van der Waals surface area contributed by atoms with Gasteiger partial charge in [-0.15, -0.1) is 0 Å². The highest BCUT2D eigenvalue weighted by atomic mass is 16.5. The van der Waals surface area contributed by atoms with Crippen LogP contribution in [0, 0.1) is 16.7 Å². The second-order valence-electron chi connectivity index (χ2n) is 11.5. The highest BCUT2D eigenvalue weighted by molar-refractivity contribution is 5.94. The first-order valence-electron chi connectivity index (χ1n) is 12.9. The minimum atomic E-state index is -0.248. The number of hydrogen-bond acceptors (Lipinski definition) is 4. The Balaban J connectivity index is 1.41. The molecule has 6 heteroatoms. The minimum absolute atomic E-state index is 0.0364. The number of ether oxygens (including phenoxy) is 1. The Kier molecular flexibility index (Phi) is 5.78. The van der Waals surface area contributed by atoms with Crippen LogP contribution in [-0.4, -0.2) is 47.5 Å². The lowest BCUT2D eigenvalue weighted by atomic mass is 9.71. The normalized spacial score (nSPS) is 25.8. The van der Waals surface area contributed by atoms with Crippen molar-refractivity contribution in [2.75, 3.05) is 19.7 Å². The Labute approximate surface area is 208 Å². The van der Waals surface area contributed by atoms with Gasteiger partial charge in [0.15, 0.2) is 0 Å². The molecule has 3 aliphatic rings. The maximum absolute atomic E-state index is 13.4. The molecule has 0 radical (unpaired) electrons. The Morgan fingerprint density at radius 3 is 2.34 bits per heavy atom. The van der Waals surface area contributed by atoms with Crippen LogP contribution in [0.5, 0.6) is 0 Å². The molecule has 2 fully saturated rings. The van der Waals surface area contributed by atoms with Gasteiger partial charge in [-0.3, -0.25) is 14.6 Å². The fourth-order valence-corrected chi connectivity index (χ4v) is 6.84. The van der Waals surface area contributed by atoms with Gasteiger partial charge in [0.2, 0.25) is 5.91 Å². The molecular weight excluding hydrogens is 438 g/mol. The number of carbonyl (C=O) groups is 2. The summed E-state index contributed by atoms with van der Waals surface area (Å²) in [7, 11) is 0. The standard InChI is InChI=1S/C29H37N3O3/c1-6-35-24-22(31-25(33)19-10-9-15-30-18-19)20-11-7-8-12-21(20)29(24)13-16-32(17-14-29)26(34)23-27(2,3)28(23,4)5/h7-12,15,18,22-24H,6,13-14,16-17H2,1-5H3,(H,31,33)/t22-,24+/m0/s1. The lowest BCUT2D eigenvalue weighted by Gasteiger charge is -2.44. The zero-order valence-corrected chi connectivity index (χ0v) is 21.5. The number of nitrogens with one attached hydrogen (secondary N) is 1. The van der Waals surface area contributed by atoms with Crippen LogP contribution >= 0.6 is 0 Å². The molecule has 6 nitrogen and oxygen atoms in total. The molecule has 35 heavy (non-hydrogen) atoms. The molecule has 2 heterocycles. The fraction of sp³-hybridized carbons (Fsp3) is 0.552. The predicted octanol–water partition coefficient (Wildman–Crippen LogP) is 4.51. The predicted molar refractivity (Wildman–Crippen MR) is 135 cm³/mol. The number of pyridine rings is 1. The number of nitrogens with zero attached hydrogens (tertiary/aromatic N) is 2. The molecule has 2 atom stereocenters. The van der Waals surface area contributed by atoms with Crippen LogP contribution in [0.3, 0.4) is 0 Å². The maximum Gasteiger partial charge on any atom is 0.253 e. The van der Waals surface area contributed by atoms with Gasteiger partial charge >= 0.3 is 0 Å². The largest absolute Gasteiger partial charge is 0.375 e. The number of amides is 2. The molecule has 1 aliphatic heterocycles. The Bertz CT molecular complexity index is 1110. The van der Waals surface area contributed by atoms with E-state index in [2.05, 4.69) is 61.1 Å². The summed E-state index contributed by atoms with van der Waals surface area (Å²) in [4.78, 5) is 32.7. The van der Waals surface area contributed by atoms with E-state index in [1.54, 1.807) is 24.5 Å². The topological polar surface area (TPSA) is 71.5 Å². The fourth-order valence-electron chi connectivity index (χ4n) is 6.84. The van der Waals surface area contributed by atoms with Crippen molar-refractivity contribution in [2.45, 2.75) is 65.0 Å². The van der Waals surface area contributed by atoms with Gasteiger partial charge in [-0.05, 0) is 53.9 Å². The molecule has 2 amide bonds. The van der Waals surface area contributed by atoms with Crippen LogP contribution in [0.1, 0.15) is 75.0 Å². The Morgan fingerprint density at radius 1 is 1.06 bits per heavy atom. The molecule has 5 rings (SSSR count). The van der Waals surface area contributed by atoms with Crippen molar-refractivity contribution in [3.05, 3.63) is 65.5 Å². The van der Waals surface area contributed by atoms with Gasteiger partial charge in [-0.2, -0.15) is 0 Å². The van der Waals surface area contributed by atoms with Gasteiger partial charge in [0.05, 0.1) is 17.7 Å². The van der Waals surface area contributed by atoms with Crippen LogP contribution in [0.25, 0.3) is 0 Å². The van der Waals surface area contributed by atoms with Crippen molar-refractivity contribution >= 4 is 11.8 Å². The van der Waals surface area contributed by atoms with Crippen LogP contribution in [-0.2, 0) is 14.9 Å². The molecule has 1 aromatic carbocycles. The van der Waals surface area contributed by atoms with Crippen LogP contribution in [0.4, 0.5) is 0 Å². The van der Waals surface area contributed by atoms with Crippen LogP contribution in [0.2, 0.25) is 0 Å². The minimum Gasteiger partial charge on any atom is -0.375 e. The molecule has 1 aromatic heterocycles. The van der Waals surface area contributed by atoms with Gasteiger partial charge in [0, 0.05) is 43.4 Å². The molecule has 1 saturated carbocycles. The first-order chi connectivity index (χ1) is 16.6. The van der Waals surface area contributed by atoms with E-state index in [0.717, 1.165) is 18.4 Å². The van der Waals surface area contributed by atoms with E-state index in [9.17, 15) is 9.59 Å². The van der Waals surface area contributed by atoms with Gasteiger partial charge < -0.3 is 15.0 Å².